The lowest BCUT2D eigenvalue weighted by Crippen LogP contribution is -2.36. The Morgan fingerprint density at radius 1 is 1.00 bits per heavy atom. The second-order valence-corrected chi connectivity index (χ2v) is 7.52. The van der Waals surface area contributed by atoms with E-state index >= 15 is 0 Å². The van der Waals surface area contributed by atoms with Gasteiger partial charge in [0.25, 0.3) is 0 Å². The highest BCUT2D eigenvalue weighted by Crippen LogP contribution is 2.38. The molecule has 0 heterocycles. The number of allylic oxidation sites excluding steroid dienone is 6. The van der Waals surface area contributed by atoms with E-state index in [1.807, 2.05) is 0 Å². The fraction of sp³-hybridized carbons (Fsp3) is 0.391. The second kappa shape index (κ2) is 5.37. The molecule has 0 spiro atoms. The third kappa shape index (κ3) is 2.11. The third-order valence-corrected chi connectivity index (χ3v) is 6.29. The fourth-order valence-electron chi connectivity index (χ4n) is 5.12. The number of rotatable bonds is 1. The van der Waals surface area contributed by atoms with Crippen LogP contribution in [-0.2, 0) is 0 Å². The van der Waals surface area contributed by atoms with Crippen LogP contribution in [0.2, 0.25) is 0 Å². The summed E-state index contributed by atoms with van der Waals surface area (Å²) in [5.41, 5.74) is 6.20. The Labute approximate surface area is 138 Å². The molecule has 1 atom stereocenters. The minimum atomic E-state index is 0.647. The van der Waals surface area contributed by atoms with Gasteiger partial charge in [-0.2, -0.15) is 0 Å². The lowest BCUT2D eigenvalue weighted by Gasteiger charge is -2.26. The van der Waals surface area contributed by atoms with Gasteiger partial charge < -0.3 is 0 Å². The van der Waals surface area contributed by atoms with Gasteiger partial charge in [-0.1, -0.05) is 67.0 Å². The highest BCUT2D eigenvalue weighted by atomic mass is 14.3. The van der Waals surface area contributed by atoms with E-state index in [4.69, 9.17) is 0 Å². The molecule has 0 nitrogen and oxygen atoms in total. The van der Waals surface area contributed by atoms with E-state index in [1.165, 1.54) is 60.1 Å². The van der Waals surface area contributed by atoms with E-state index in [1.54, 1.807) is 11.1 Å². The third-order valence-electron chi connectivity index (χ3n) is 6.29. The van der Waals surface area contributed by atoms with Crippen LogP contribution in [0.5, 0.6) is 0 Å². The molecule has 1 saturated carbocycles. The zero-order chi connectivity index (χ0) is 15.2. The van der Waals surface area contributed by atoms with Gasteiger partial charge in [0.1, 0.15) is 0 Å². The normalized spacial score (nSPS) is 25.5. The minimum absolute atomic E-state index is 0.647. The molecule has 0 bridgehead atoms. The molecule has 0 radical (unpaired) electrons. The Balaban J connectivity index is 1.68. The zero-order valence-electron chi connectivity index (χ0n) is 13.7. The summed E-state index contributed by atoms with van der Waals surface area (Å²) < 4.78 is 0. The Morgan fingerprint density at radius 2 is 1.91 bits per heavy atom. The van der Waals surface area contributed by atoms with Crippen LogP contribution in [0.25, 0.3) is 17.7 Å². The lowest BCUT2D eigenvalue weighted by atomic mass is 9.78. The fourth-order valence-corrected chi connectivity index (χ4v) is 5.12. The van der Waals surface area contributed by atoms with Gasteiger partial charge in [0.2, 0.25) is 0 Å². The SMILES string of the molecule is C1=CC(C2CCCC2)c2ccc3c(c2=C1)=CCC1=C3C=CCC1. The van der Waals surface area contributed by atoms with Gasteiger partial charge >= 0.3 is 0 Å². The van der Waals surface area contributed by atoms with Crippen molar-refractivity contribution in [2.45, 2.75) is 50.9 Å². The Bertz CT molecular complexity index is 854. The predicted molar refractivity (Wildman–Crippen MR) is 98.4 cm³/mol. The number of fused-ring (bicyclic) bond motifs is 4. The summed E-state index contributed by atoms with van der Waals surface area (Å²) in [6, 6.07) is 4.84. The van der Waals surface area contributed by atoms with Crippen LogP contribution in [0.15, 0.2) is 42.0 Å². The van der Waals surface area contributed by atoms with Crippen molar-refractivity contribution in [2.24, 2.45) is 5.92 Å². The number of hydrogen-bond donors (Lipinski definition) is 0. The minimum Gasteiger partial charge on any atom is -0.0836 e. The van der Waals surface area contributed by atoms with E-state index in [0.717, 1.165) is 12.3 Å². The molecule has 0 N–H and O–H groups in total. The summed E-state index contributed by atoms with van der Waals surface area (Å²) in [5, 5.41) is 3.01. The van der Waals surface area contributed by atoms with Crippen molar-refractivity contribution in [3.8, 4) is 0 Å². The summed E-state index contributed by atoms with van der Waals surface area (Å²) >= 11 is 0. The van der Waals surface area contributed by atoms with E-state index in [2.05, 4.69) is 48.6 Å². The summed E-state index contributed by atoms with van der Waals surface area (Å²) in [6.07, 6.45) is 23.6. The van der Waals surface area contributed by atoms with E-state index in [0.29, 0.717) is 5.92 Å². The Hall–Kier alpha value is -1.82. The van der Waals surface area contributed by atoms with Gasteiger partial charge in [-0.3, -0.25) is 0 Å². The largest absolute Gasteiger partial charge is 0.0836 e. The van der Waals surface area contributed by atoms with Crippen LogP contribution >= 0.6 is 0 Å². The summed E-state index contributed by atoms with van der Waals surface area (Å²) in [5.74, 6) is 1.51. The smallest absolute Gasteiger partial charge is 0.00555 e. The molecule has 1 aromatic carbocycles. The Morgan fingerprint density at radius 3 is 2.83 bits per heavy atom. The van der Waals surface area contributed by atoms with E-state index < -0.39 is 0 Å². The molecule has 116 valence electrons. The van der Waals surface area contributed by atoms with Gasteiger partial charge in [-0.15, -0.1) is 0 Å². The van der Waals surface area contributed by atoms with Gasteiger partial charge in [-0.25, -0.2) is 0 Å². The average Bonchev–Trinajstić information content (AvgIpc) is 3.15. The molecule has 0 aliphatic heterocycles. The Kier molecular flexibility index (Phi) is 3.18. The van der Waals surface area contributed by atoms with Gasteiger partial charge in [-0.05, 0) is 65.2 Å². The molecule has 1 aromatic rings. The number of hydrogen-bond acceptors (Lipinski definition) is 0. The lowest BCUT2D eigenvalue weighted by molar-refractivity contribution is 0.491. The molecular formula is C23H24. The summed E-state index contributed by atoms with van der Waals surface area (Å²) in [7, 11) is 0. The molecule has 4 aliphatic rings. The van der Waals surface area contributed by atoms with Crippen molar-refractivity contribution >= 4 is 17.7 Å². The summed E-state index contributed by atoms with van der Waals surface area (Å²) in [6.45, 7) is 0. The summed E-state index contributed by atoms with van der Waals surface area (Å²) in [4.78, 5) is 0. The van der Waals surface area contributed by atoms with Crippen molar-refractivity contribution in [1.82, 2.24) is 0 Å². The first-order valence-corrected chi connectivity index (χ1v) is 9.32. The maximum absolute atomic E-state index is 2.49. The van der Waals surface area contributed by atoms with Crippen LogP contribution in [0.4, 0.5) is 0 Å². The van der Waals surface area contributed by atoms with Crippen LogP contribution in [0, 0.1) is 5.92 Å². The van der Waals surface area contributed by atoms with Gasteiger partial charge in [0.15, 0.2) is 0 Å². The van der Waals surface area contributed by atoms with Crippen molar-refractivity contribution in [2.75, 3.05) is 0 Å². The monoisotopic (exact) mass is 300 g/mol. The van der Waals surface area contributed by atoms with Gasteiger partial charge in [0, 0.05) is 5.92 Å². The van der Waals surface area contributed by atoms with Crippen LogP contribution < -0.4 is 10.4 Å². The molecule has 0 aromatic heterocycles. The van der Waals surface area contributed by atoms with Crippen molar-refractivity contribution in [1.29, 1.82) is 0 Å². The number of benzene rings is 1. The molecule has 1 fully saturated rings. The van der Waals surface area contributed by atoms with Gasteiger partial charge in [0.05, 0.1) is 0 Å². The predicted octanol–water partition coefficient (Wildman–Crippen LogP) is 4.60. The maximum Gasteiger partial charge on any atom is 0.00555 e. The molecule has 0 saturated heterocycles. The molecule has 0 amide bonds. The highest BCUT2D eigenvalue weighted by Gasteiger charge is 2.27. The first-order valence-electron chi connectivity index (χ1n) is 9.32. The first kappa shape index (κ1) is 13.6. The first-order chi connectivity index (χ1) is 11.4. The van der Waals surface area contributed by atoms with Crippen LogP contribution in [0.3, 0.4) is 0 Å². The zero-order valence-corrected chi connectivity index (χ0v) is 13.7. The highest BCUT2D eigenvalue weighted by molar-refractivity contribution is 5.81. The van der Waals surface area contributed by atoms with Crippen LogP contribution in [0.1, 0.15) is 62.0 Å². The second-order valence-electron chi connectivity index (χ2n) is 7.52. The van der Waals surface area contributed by atoms with Crippen LogP contribution in [-0.4, -0.2) is 0 Å². The average molecular weight is 300 g/mol. The molecule has 23 heavy (non-hydrogen) atoms. The maximum atomic E-state index is 2.49. The van der Waals surface area contributed by atoms with Crippen molar-refractivity contribution < 1.29 is 0 Å². The van der Waals surface area contributed by atoms with E-state index in [9.17, 15) is 0 Å². The topological polar surface area (TPSA) is 0 Å². The molecule has 5 rings (SSSR count). The molecule has 1 unspecified atom stereocenters. The molecule has 4 aliphatic carbocycles. The molecular weight excluding hydrogens is 276 g/mol. The van der Waals surface area contributed by atoms with E-state index in [-0.39, 0.29) is 0 Å². The quantitative estimate of drug-likeness (QED) is 0.711. The standard InChI is InChI=1S/C23H24/c1-2-7-16(6-1)19-10-5-11-20-21(19)14-15-22-18-9-4-3-8-17(18)12-13-23(20)22/h4-5,9-11,13-16,19H,1-3,6-8,12H2. The van der Waals surface area contributed by atoms with Crippen molar-refractivity contribution in [3.63, 3.8) is 0 Å². The van der Waals surface area contributed by atoms with Crippen molar-refractivity contribution in [3.05, 3.63) is 63.6 Å². The molecule has 0 heteroatoms.